The molecule has 2 fully saturated rings. The smallest absolute Gasteiger partial charge is 0.00201 e. The third-order valence-corrected chi connectivity index (χ3v) is 4.26. The Hall–Kier alpha value is -0.820. The number of hydrogen-bond acceptors (Lipinski definition) is 1. The van der Waals surface area contributed by atoms with E-state index in [4.69, 9.17) is 0 Å². The Morgan fingerprint density at radius 3 is 2.31 bits per heavy atom. The summed E-state index contributed by atoms with van der Waals surface area (Å²) in [7, 11) is 0. The summed E-state index contributed by atoms with van der Waals surface area (Å²) in [5.41, 5.74) is 3.16. The standard InChI is InChI=1S/C15H21N/c1-4-12(5-1)13-6-2-7-14(10-13)15-8-3-9-16-11-15/h2,6-7,10,12,15-16H,1,3-5,8-9,11H2. The van der Waals surface area contributed by atoms with Crippen molar-refractivity contribution in [3.05, 3.63) is 35.4 Å². The van der Waals surface area contributed by atoms with Crippen molar-refractivity contribution in [2.75, 3.05) is 13.1 Å². The molecule has 1 aromatic rings. The van der Waals surface area contributed by atoms with E-state index in [1.807, 2.05) is 0 Å². The van der Waals surface area contributed by atoms with Gasteiger partial charge in [-0.3, -0.25) is 0 Å². The minimum Gasteiger partial charge on any atom is -0.316 e. The van der Waals surface area contributed by atoms with Crippen LogP contribution < -0.4 is 5.32 Å². The van der Waals surface area contributed by atoms with Crippen LogP contribution in [0, 0.1) is 0 Å². The van der Waals surface area contributed by atoms with Gasteiger partial charge in [-0.25, -0.2) is 0 Å². The summed E-state index contributed by atoms with van der Waals surface area (Å²) >= 11 is 0. The van der Waals surface area contributed by atoms with Gasteiger partial charge in [0, 0.05) is 6.54 Å². The van der Waals surface area contributed by atoms with Crippen LogP contribution in [0.2, 0.25) is 0 Å². The van der Waals surface area contributed by atoms with Crippen molar-refractivity contribution < 1.29 is 0 Å². The SMILES string of the molecule is c1cc(C2CCC2)cc(C2CCCNC2)c1. The van der Waals surface area contributed by atoms with Crippen molar-refractivity contribution in [2.24, 2.45) is 0 Å². The summed E-state index contributed by atoms with van der Waals surface area (Å²) in [6.45, 7) is 2.38. The summed E-state index contributed by atoms with van der Waals surface area (Å²) in [5, 5.41) is 3.51. The Balaban J connectivity index is 1.77. The van der Waals surface area contributed by atoms with Crippen molar-refractivity contribution in [2.45, 2.75) is 43.9 Å². The molecule has 1 saturated carbocycles. The van der Waals surface area contributed by atoms with Crippen LogP contribution in [0.25, 0.3) is 0 Å². The van der Waals surface area contributed by atoms with Crippen LogP contribution in [-0.2, 0) is 0 Å². The molecule has 0 radical (unpaired) electrons. The molecule has 1 aliphatic carbocycles. The molecule has 16 heavy (non-hydrogen) atoms. The minimum absolute atomic E-state index is 0.758. The number of piperidine rings is 1. The maximum absolute atomic E-state index is 3.51. The summed E-state index contributed by atoms with van der Waals surface area (Å²) in [4.78, 5) is 0. The second-order valence-electron chi connectivity index (χ2n) is 5.34. The molecule has 1 atom stereocenters. The Morgan fingerprint density at radius 1 is 0.938 bits per heavy atom. The highest BCUT2D eigenvalue weighted by Gasteiger charge is 2.21. The van der Waals surface area contributed by atoms with E-state index in [1.54, 1.807) is 11.1 Å². The van der Waals surface area contributed by atoms with Crippen molar-refractivity contribution in [3.8, 4) is 0 Å². The highest BCUT2D eigenvalue weighted by molar-refractivity contribution is 5.30. The number of nitrogens with one attached hydrogen (secondary N) is 1. The molecule has 1 heteroatoms. The molecule has 1 saturated heterocycles. The van der Waals surface area contributed by atoms with E-state index in [2.05, 4.69) is 29.6 Å². The maximum Gasteiger partial charge on any atom is 0.00201 e. The van der Waals surface area contributed by atoms with Crippen LogP contribution in [-0.4, -0.2) is 13.1 Å². The molecule has 1 aromatic carbocycles. The van der Waals surface area contributed by atoms with E-state index in [9.17, 15) is 0 Å². The van der Waals surface area contributed by atoms with Gasteiger partial charge in [0.1, 0.15) is 0 Å². The van der Waals surface area contributed by atoms with Gasteiger partial charge in [-0.2, -0.15) is 0 Å². The first-order valence-electron chi connectivity index (χ1n) is 6.74. The summed E-state index contributed by atoms with van der Waals surface area (Å²) in [6, 6.07) is 9.38. The summed E-state index contributed by atoms with van der Waals surface area (Å²) in [5.74, 6) is 1.63. The molecule has 3 rings (SSSR count). The first-order valence-corrected chi connectivity index (χ1v) is 6.74. The van der Waals surface area contributed by atoms with E-state index in [0.29, 0.717) is 0 Å². The Kier molecular flexibility index (Phi) is 2.96. The highest BCUT2D eigenvalue weighted by Crippen LogP contribution is 2.37. The zero-order chi connectivity index (χ0) is 10.8. The van der Waals surface area contributed by atoms with Gasteiger partial charge < -0.3 is 5.32 Å². The molecular weight excluding hydrogens is 194 g/mol. The molecule has 1 nitrogen and oxygen atoms in total. The molecule has 86 valence electrons. The number of hydrogen-bond donors (Lipinski definition) is 1. The van der Waals surface area contributed by atoms with Crippen LogP contribution in [0.5, 0.6) is 0 Å². The molecule has 0 amide bonds. The van der Waals surface area contributed by atoms with Gasteiger partial charge in [-0.15, -0.1) is 0 Å². The molecular formula is C15H21N. The Labute approximate surface area is 98.3 Å². The fourth-order valence-corrected chi connectivity index (χ4v) is 2.94. The minimum atomic E-state index is 0.758. The van der Waals surface area contributed by atoms with Gasteiger partial charge in [0.25, 0.3) is 0 Å². The van der Waals surface area contributed by atoms with Crippen LogP contribution >= 0.6 is 0 Å². The fraction of sp³-hybridized carbons (Fsp3) is 0.600. The predicted molar refractivity (Wildman–Crippen MR) is 67.9 cm³/mol. The lowest BCUT2D eigenvalue weighted by molar-refractivity contribution is 0.418. The van der Waals surface area contributed by atoms with Crippen molar-refractivity contribution in [1.29, 1.82) is 0 Å². The van der Waals surface area contributed by atoms with E-state index in [0.717, 1.165) is 11.8 Å². The van der Waals surface area contributed by atoms with E-state index in [1.165, 1.54) is 45.2 Å². The van der Waals surface area contributed by atoms with Crippen LogP contribution in [0.1, 0.15) is 55.1 Å². The summed E-state index contributed by atoms with van der Waals surface area (Å²) in [6.07, 6.45) is 6.94. The third-order valence-electron chi connectivity index (χ3n) is 4.26. The van der Waals surface area contributed by atoms with Crippen LogP contribution in [0.15, 0.2) is 24.3 Å². The lowest BCUT2D eigenvalue weighted by atomic mass is 9.78. The average Bonchev–Trinajstić information content (AvgIpc) is 2.28. The van der Waals surface area contributed by atoms with Gasteiger partial charge in [-0.05, 0) is 55.2 Å². The maximum atomic E-state index is 3.51. The zero-order valence-electron chi connectivity index (χ0n) is 9.91. The molecule has 0 aromatic heterocycles. The fourth-order valence-electron chi connectivity index (χ4n) is 2.94. The quantitative estimate of drug-likeness (QED) is 0.797. The predicted octanol–water partition coefficient (Wildman–Crippen LogP) is 3.42. The average molecular weight is 215 g/mol. The van der Waals surface area contributed by atoms with Crippen molar-refractivity contribution in [3.63, 3.8) is 0 Å². The van der Waals surface area contributed by atoms with Crippen molar-refractivity contribution in [1.82, 2.24) is 5.32 Å². The van der Waals surface area contributed by atoms with Gasteiger partial charge in [0.05, 0.1) is 0 Å². The molecule has 1 aliphatic heterocycles. The first-order chi connectivity index (χ1) is 7.93. The second kappa shape index (κ2) is 4.58. The Bertz CT molecular complexity index is 348. The molecule has 1 heterocycles. The normalized spacial score (nSPS) is 26.4. The van der Waals surface area contributed by atoms with Gasteiger partial charge in [0.2, 0.25) is 0 Å². The topological polar surface area (TPSA) is 12.0 Å². The lowest BCUT2D eigenvalue weighted by Crippen LogP contribution is -2.28. The van der Waals surface area contributed by atoms with Gasteiger partial charge in [0.15, 0.2) is 0 Å². The van der Waals surface area contributed by atoms with Crippen molar-refractivity contribution >= 4 is 0 Å². The van der Waals surface area contributed by atoms with Gasteiger partial charge >= 0.3 is 0 Å². The summed E-state index contributed by atoms with van der Waals surface area (Å²) < 4.78 is 0. The van der Waals surface area contributed by atoms with E-state index >= 15 is 0 Å². The number of benzene rings is 1. The van der Waals surface area contributed by atoms with E-state index < -0.39 is 0 Å². The Morgan fingerprint density at radius 2 is 1.69 bits per heavy atom. The van der Waals surface area contributed by atoms with Crippen LogP contribution in [0.3, 0.4) is 0 Å². The second-order valence-corrected chi connectivity index (χ2v) is 5.34. The third kappa shape index (κ3) is 2.01. The lowest BCUT2D eigenvalue weighted by Gasteiger charge is -2.28. The monoisotopic (exact) mass is 215 g/mol. The molecule has 2 aliphatic rings. The molecule has 1 unspecified atom stereocenters. The largest absolute Gasteiger partial charge is 0.316 e. The first kappa shape index (κ1) is 10.3. The zero-order valence-corrected chi connectivity index (χ0v) is 9.91. The van der Waals surface area contributed by atoms with Gasteiger partial charge in [-0.1, -0.05) is 30.7 Å². The van der Waals surface area contributed by atoms with E-state index in [-0.39, 0.29) is 0 Å². The van der Waals surface area contributed by atoms with Crippen LogP contribution in [0.4, 0.5) is 0 Å². The number of rotatable bonds is 2. The molecule has 0 spiro atoms. The molecule has 1 N–H and O–H groups in total. The molecule has 0 bridgehead atoms. The highest BCUT2D eigenvalue weighted by atomic mass is 14.9.